The van der Waals surface area contributed by atoms with Crippen molar-refractivity contribution in [2.45, 2.75) is 12.6 Å². The van der Waals surface area contributed by atoms with Gasteiger partial charge in [0.1, 0.15) is 0 Å². The Balaban J connectivity index is 2.69. The molecule has 3 N–H and O–H groups in total. The molecule has 0 bridgehead atoms. The lowest BCUT2D eigenvalue weighted by Crippen LogP contribution is -2.48. The van der Waals surface area contributed by atoms with Gasteiger partial charge in [-0.1, -0.05) is 18.2 Å². The number of benzene rings is 1. The van der Waals surface area contributed by atoms with E-state index in [2.05, 4.69) is 5.32 Å². The third-order valence-electron chi connectivity index (χ3n) is 1.73. The number of amides is 1. The molecule has 0 aliphatic carbocycles. The lowest BCUT2D eigenvalue weighted by Gasteiger charge is -2.21. The summed E-state index contributed by atoms with van der Waals surface area (Å²) < 4.78 is 0. The van der Waals surface area contributed by atoms with Gasteiger partial charge in [0, 0.05) is 5.56 Å². The number of rotatable bonds is 3. The highest BCUT2D eigenvalue weighted by Crippen LogP contribution is 2.02. The van der Waals surface area contributed by atoms with Crippen molar-refractivity contribution in [2.24, 2.45) is 0 Å². The molecule has 0 spiro atoms. The van der Waals surface area contributed by atoms with Gasteiger partial charge in [-0.3, -0.25) is 4.79 Å². The van der Waals surface area contributed by atoms with Crippen LogP contribution in [0.2, 0.25) is 0 Å². The van der Waals surface area contributed by atoms with Gasteiger partial charge in [0.15, 0.2) is 5.72 Å². The third-order valence-corrected chi connectivity index (χ3v) is 1.73. The van der Waals surface area contributed by atoms with Gasteiger partial charge in [-0.15, -0.1) is 0 Å². The fourth-order valence-corrected chi connectivity index (χ4v) is 0.946. The predicted octanol–water partition coefficient (Wildman–Crippen LogP) is 0.117. The molecule has 1 atom stereocenters. The van der Waals surface area contributed by atoms with Crippen molar-refractivity contribution in [2.75, 3.05) is 6.61 Å². The summed E-state index contributed by atoms with van der Waals surface area (Å²) >= 11 is 0. The summed E-state index contributed by atoms with van der Waals surface area (Å²) in [4.78, 5) is 11.4. The topological polar surface area (TPSA) is 69.6 Å². The number of carbonyl (C=O) groups excluding carboxylic acids is 1. The summed E-state index contributed by atoms with van der Waals surface area (Å²) in [5, 5.41) is 20.4. The number of carbonyl (C=O) groups is 1. The molecule has 4 nitrogen and oxygen atoms in total. The van der Waals surface area contributed by atoms with Crippen LogP contribution in [0.15, 0.2) is 30.3 Å². The number of aliphatic hydroxyl groups excluding tert-OH is 1. The first-order valence-electron chi connectivity index (χ1n) is 4.26. The van der Waals surface area contributed by atoms with Crippen LogP contribution in [0.4, 0.5) is 0 Å². The van der Waals surface area contributed by atoms with Gasteiger partial charge in [0.2, 0.25) is 0 Å². The molecule has 0 aromatic heterocycles. The Bertz CT molecular complexity index is 308. The Morgan fingerprint density at radius 3 is 2.50 bits per heavy atom. The molecule has 0 aliphatic heterocycles. The fraction of sp³-hybridized carbons (Fsp3) is 0.300. The molecule has 1 amide bonds. The average Bonchev–Trinajstić information content (AvgIpc) is 2.19. The Hall–Kier alpha value is -1.39. The summed E-state index contributed by atoms with van der Waals surface area (Å²) in [5.41, 5.74) is -1.13. The predicted molar refractivity (Wildman–Crippen MR) is 51.6 cm³/mol. The normalized spacial score (nSPS) is 14.5. The first kappa shape index (κ1) is 10.7. The number of hydrogen-bond donors (Lipinski definition) is 3. The van der Waals surface area contributed by atoms with Crippen molar-refractivity contribution < 1.29 is 15.0 Å². The van der Waals surface area contributed by atoms with Gasteiger partial charge in [-0.25, -0.2) is 0 Å². The van der Waals surface area contributed by atoms with Crippen LogP contribution in [0.25, 0.3) is 0 Å². The second-order valence-electron chi connectivity index (χ2n) is 3.25. The van der Waals surface area contributed by atoms with E-state index in [1.54, 1.807) is 30.3 Å². The molecule has 0 saturated heterocycles. The Labute approximate surface area is 82.2 Å². The minimum atomic E-state index is -1.58. The van der Waals surface area contributed by atoms with Gasteiger partial charge in [-0.2, -0.15) is 0 Å². The Kier molecular flexibility index (Phi) is 3.22. The molecule has 1 aromatic carbocycles. The molecule has 1 unspecified atom stereocenters. The van der Waals surface area contributed by atoms with Gasteiger partial charge in [0.05, 0.1) is 6.61 Å². The van der Waals surface area contributed by atoms with Gasteiger partial charge >= 0.3 is 0 Å². The summed E-state index contributed by atoms with van der Waals surface area (Å²) in [5.74, 6) is -0.412. The number of hydrogen-bond acceptors (Lipinski definition) is 3. The number of aliphatic hydroxyl groups is 2. The van der Waals surface area contributed by atoms with Crippen molar-refractivity contribution in [3.8, 4) is 0 Å². The van der Waals surface area contributed by atoms with Crippen LogP contribution in [0.3, 0.4) is 0 Å². The highest BCUT2D eigenvalue weighted by atomic mass is 16.3. The standard InChI is InChI=1S/C10H13NO3/c1-10(14,7-12)11-9(13)8-5-3-2-4-6-8/h2-6,12,14H,7H2,1H3,(H,11,13). The molecule has 0 fully saturated rings. The summed E-state index contributed by atoms with van der Waals surface area (Å²) in [6.45, 7) is 0.805. The zero-order valence-electron chi connectivity index (χ0n) is 7.90. The van der Waals surface area contributed by atoms with E-state index in [9.17, 15) is 9.90 Å². The minimum absolute atomic E-state index is 0.412. The quantitative estimate of drug-likeness (QED) is 0.600. The molecule has 0 saturated carbocycles. The summed E-state index contributed by atoms with van der Waals surface area (Å²) in [6, 6.07) is 8.50. The second kappa shape index (κ2) is 4.21. The molecule has 76 valence electrons. The van der Waals surface area contributed by atoms with E-state index >= 15 is 0 Å². The summed E-state index contributed by atoms with van der Waals surface area (Å²) in [6.07, 6.45) is 0. The van der Waals surface area contributed by atoms with Crippen molar-refractivity contribution >= 4 is 5.91 Å². The third kappa shape index (κ3) is 2.83. The number of nitrogens with one attached hydrogen (secondary N) is 1. The molecule has 14 heavy (non-hydrogen) atoms. The van der Waals surface area contributed by atoms with Gasteiger partial charge < -0.3 is 15.5 Å². The lowest BCUT2D eigenvalue weighted by molar-refractivity contribution is -0.0216. The largest absolute Gasteiger partial charge is 0.391 e. The molecule has 4 heteroatoms. The van der Waals surface area contributed by atoms with Crippen molar-refractivity contribution in [3.05, 3.63) is 35.9 Å². The van der Waals surface area contributed by atoms with E-state index in [4.69, 9.17) is 5.11 Å². The molecule has 0 radical (unpaired) electrons. The highest BCUT2D eigenvalue weighted by Gasteiger charge is 2.21. The first-order valence-corrected chi connectivity index (χ1v) is 4.26. The first-order chi connectivity index (χ1) is 6.55. The SMILES string of the molecule is CC(O)(CO)NC(=O)c1ccccc1. The zero-order chi connectivity index (χ0) is 10.6. The maximum absolute atomic E-state index is 11.4. The minimum Gasteiger partial charge on any atom is -0.391 e. The van der Waals surface area contributed by atoms with Gasteiger partial charge in [0.25, 0.3) is 5.91 Å². The van der Waals surface area contributed by atoms with Crippen LogP contribution < -0.4 is 5.32 Å². The van der Waals surface area contributed by atoms with Crippen LogP contribution in [-0.2, 0) is 0 Å². The zero-order valence-corrected chi connectivity index (χ0v) is 7.90. The van der Waals surface area contributed by atoms with E-state index in [1.807, 2.05) is 0 Å². The molecule has 0 heterocycles. The Morgan fingerprint density at radius 2 is 2.00 bits per heavy atom. The van der Waals surface area contributed by atoms with E-state index in [0.717, 1.165) is 0 Å². The molecular weight excluding hydrogens is 182 g/mol. The lowest BCUT2D eigenvalue weighted by atomic mass is 10.2. The maximum atomic E-state index is 11.4. The van der Waals surface area contributed by atoms with Crippen LogP contribution in [0.1, 0.15) is 17.3 Å². The monoisotopic (exact) mass is 195 g/mol. The molecular formula is C10H13NO3. The Morgan fingerprint density at radius 1 is 1.43 bits per heavy atom. The van der Waals surface area contributed by atoms with E-state index in [-0.39, 0.29) is 0 Å². The van der Waals surface area contributed by atoms with Crippen molar-refractivity contribution in [3.63, 3.8) is 0 Å². The van der Waals surface area contributed by atoms with E-state index < -0.39 is 18.2 Å². The maximum Gasteiger partial charge on any atom is 0.253 e. The van der Waals surface area contributed by atoms with Crippen LogP contribution in [0, 0.1) is 0 Å². The van der Waals surface area contributed by atoms with Crippen molar-refractivity contribution in [1.82, 2.24) is 5.32 Å². The molecule has 1 aromatic rings. The van der Waals surface area contributed by atoms with Crippen LogP contribution >= 0.6 is 0 Å². The van der Waals surface area contributed by atoms with Crippen molar-refractivity contribution in [1.29, 1.82) is 0 Å². The van der Waals surface area contributed by atoms with Gasteiger partial charge in [-0.05, 0) is 19.1 Å². The van der Waals surface area contributed by atoms with E-state index in [0.29, 0.717) is 5.56 Å². The second-order valence-corrected chi connectivity index (χ2v) is 3.25. The summed E-state index contributed by atoms with van der Waals surface area (Å²) in [7, 11) is 0. The molecule has 1 rings (SSSR count). The molecule has 0 aliphatic rings. The smallest absolute Gasteiger partial charge is 0.253 e. The highest BCUT2D eigenvalue weighted by molar-refractivity contribution is 5.94. The van der Waals surface area contributed by atoms with Crippen LogP contribution in [-0.4, -0.2) is 28.5 Å². The van der Waals surface area contributed by atoms with E-state index in [1.165, 1.54) is 6.92 Å². The average molecular weight is 195 g/mol. The van der Waals surface area contributed by atoms with Crippen LogP contribution in [0.5, 0.6) is 0 Å². The fourth-order valence-electron chi connectivity index (χ4n) is 0.946.